The molecule has 1 saturated heterocycles. The number of amides is 6. The molecule has 14 heteroatoms. The van der Waals surface area contributed by atoms with E-state index in [4.69, 9.17) is 10.5 Å². The van der Waals surface area contributed by atoms with E-state index in [0.717, 1.165) is 36.8 Å². The molecule has 1 aromatic carbocycles. The lowest BCUT2D eigenvalue weighted by Crippen LogP contribution is -2.61. The molecule has 3 fully saturated rings. The number of ketones is 2. The Balaban J connectivity index is 1.36. The maximum Gasteiger partial charge on any atom is 0.410 e. The third-order valence-corrected chi connectivity index (χ3v) is 10.4. The number of likely N-dealkylation sites (tertiary alicyclic amines) is 1. The van der Waals surface area contributed by atoms with Crippen LogP contribution in [0.1, 0.15) is 91.2 Å². The number of benzene rings is 1. The second-order valence-corrected chi connectivity index (χ2v) is 17.0. The van der Waals surface area contributed by atoms with Crippen LogP contribution >= 0.6 is 0 Å². The van der Waals surface area contributed by atoms with E-state index in [2.05, 4.69) is 16.0 Å². The molecule has 2 heterocycles. The highest BCUT2D eigenvalue weighted by Gasteiger charge is 2.48. The summed E-state index contributed by atoms with van der Waals surface area (Å²) in [5.41, 5.74) is 6.04. The second kappa shape index (κ2) is 15.2. The summed E-state index contributed by atoms with van der Waals surface area (Å²) in [6.07, 6.45) is 2.63. The second-order valence-electron chi connectivity index (χ2n) is 17.0. The van der Waals surface area contributed by atoms with Crippen LogP contribution in [0, 0.1) is 22.7 Å². The Bertz CT molecular complexity index is 1590. The van der Waals surface area contributed by atoms with Crippen molar-refractivity contribution in [2.45, 2.75) is 123 Å². The number of fused-ring (bicyclic) bond motifs is 1. The van der Waals surface area contributed by atoms with Crippen molar-refractivity contribution < 1.29 is 38.3 Å². The molecule has 5 rings (SSSR count). The lowest BCUT2D eigenvalue weighted by molar-refractivity contribution is -0.143. The van der Waals surface area contributed by atoms with E-state index in [1.807, 2.05) is 45.0 Å². The molecular formula is C38H54N6O8. The Labute approximate surface area is 305 Å². The SMILES string of the molecule is CC(C)(C)[C@H](NC(=O)N[C@H](C(=O)N1C[C@H](OC(=O)N2CCc3ccccc3C2)C[C@H]1C(=O)NC(CC1CC1)C(=O)C(N)=O)C(C)(C)C)C(=O)C1CC1. The number of hydrogen-bond donors (Lipinski definition) is 4. The summed E-state index contributed by atoms with van der Waals surface area (Å²) in [6.45, 7) is 11.5. The molecule has 0 bridgehead atoms. The van der Waals surface area contributed by atoms with Crippen molar-refractivity contribution in [3.63, 3.8) is 0 Å². The normalized spacial score (nSPS) is 22.0. The molecule has 0 aromatic heterocycles. The Morgan fingerprint density at radius 2 is 1.48 bits per heavy atom. The van der Waals surface area contributed by atoms with Crippen molar-refractivity contribution in [2.75, 3.05) is 13.1 Å². The van der Waals surface area contributed by atoms with Crippen molar-refractivity contribution in [1.82, 2.24) is 25.8 Å². The van der Waals surface area contributed by atoms with E-state index in [9.17, 15) is 33.6 Å². The van der Waals surface area contributed by atoms with Crippen LogP contribution in [0.3, 0.4) is 0 Å². The van der Waals surface area contributed by atoms with Gasteiger partial charge >= 0.3 is 12.1 Å². The van der Waals surface area contributed by atoms with Gasteiger partial charge in [0.05, 0.1) is 18.6 Å². The van der Waals surface area contributed by atoms with Crippen molar-refractivity contribution in [3.8, 4) is 0 Å². The van der Waals surface area contributed by atoms with Gasteiger partial charge in [0, 0.05) is 25.4 Å². The summed E-state index contributed by atoms with van der Waals surface area (Å²) in [4.78, 5) is 96.0. The van der Waals surface area contributed by atoms with Crippen molar-refractivity contribution >= 4 is 41.4 Å². The largest absolute Gasteiger partial charge is 0.444 e. The molecule has 284 valence electrons. The summed E-state index contributed by atoms with van der Waals surface area (Å²) in [6, 6.07) is 2.84. The number of nitrogens with zero attached hydrogens (tertiary/aromatic N) is 2. The fraction of sp³-hybridized carbons (Fsp3) is 0.658. The van der Waals surface area contributed by atoms with Gasteiger partial charge in [-0.1, -0.05) is 78.6 Å². The molecule has 4 aliphatic rings. The van der Waals surface area contributed by atoms with Gasteiger partial charge in [0.2, 0.25) is 17.6 Å². The molecule has 2 saturated carbocycles. The van der Waals surface area contributed by atoms with Crippen LogP contribution < -0.4 is 21.7 Å². The van der Waals surface area contributed by atoms with Gasteiger partial charge in [-0.05, 0) is 53.6 Å². The van der Waals surface area contributed by atoms with Crippen molar-refractivity contribution in [1.29, 1.82) is 0 Å². The van der Waals surface area contributed by atoms with Gasteiger partial charge in [-0.25, -0.2) is 9.59 Å². The molecule has 14 nitrogen and oxygen atoms in total. The number of carbonyl (C=O) groups excluding carboxylic acids is 7. The first-order valence-corrected chi connectivity index (χ1v) is 18.4. The highest BCUT2D eigenvalue weighted by atomic mass is 16.6. The van der Waals surface area contributed by atoms with Gasteiger partial charge in [-0.15, -0.1) is 0 Å². The third-order valence-electron chi connectivity index (χ3n) is 10.4. The predicted octanol–water partition coefficient (Wildman–Crippen LogP) is 2.60. The minimum absolute atomic E-state index is 0.0503. The Hall–Kier alpha value is -4.49. The maximum absolute atomic E-state index is 14.5. The van der Waals surface area contributed by atoms with Gasteiger partial charge in [0.25, 0.3) is 5.91 Å². The molecule has 1 unspecified atom stereocenters. The number of primary amides is 1. The Morgan fingerprint density at radius 3 is 2.06 bits per heavy atom. The number of nitrogens with one attached hydrogen (secondary N) is 3. The van der Waals surface area contributed by atoms with Crippen LogP contribution in [0.4, 0.5) is 9.59 Å². The summed E-state index contributed by atoms with van der Waals surface area (Å²) in [5.74, 6) is -3.38. The van der Waals surface area contributed by atoms with Crippen molar-refractivity contribution in [2.24, 2.45) is 28.4 Å². The molecule has 1 aromatic rings. The van der Waals surface area contributed by atoms with E-state index in [-0.39, 0.29) is 37.0 Å². The first-order valence-electron chi connectivity index (χ1n) is 18.4. The van der Waals surface area contributed by atoms with Crippen LogP contribution in [-0.2, 0) is 41.7 Å². The van der Waals surface area contributed by atoms with Crippen LogP contribution in [0.5, 0.6) is 0 Å². The average Bonchev–Trinajstić information content (AvgIpc) is 4.02. The van der Waals surface area contributed by atoms with Crippen LogP contribution in [0.15, 0.2) is 24.3 Å². The lowest BCUT2D eigenvalue weighted by atomic mass is 9.82. The molecule has 2 aliphatic heterocycles. The van der Waals surface area contributed by atoms with Crippen LogP contribution in [0.2, 0.25) is 0 Å². The molecule has 5 N–H and O–H groups in total. The van der Waals surface area contributed by atoms with Gasteiger partial charge in [0.15, 0.2) is 5.78 Å². The van der Waals surface area contributed by atoms with Gasteiger partial charge in [0.1, 0.15) is 18.2 Å². The van der Waals surface area contributed by atoms with Gasteiger partial charge < -0.3 is 36.2 Å². The minimum Gasteiger partial charge on any atom is -0.444 e. The minimum atomic E-state index is -1.19. The third kappa shape index (κ3) is 9.48. The number of hydrogen-bond acceptors (Lipinski definition) is 8. The average molecular weight is 723 g/mol. The molecule has 0 spiro atoms. The number of Topliss-reactive ketones (excluding diaryl/α,β-unsaturated/α-hetero) is 2. The zero-order valence-electron chi connectivity index (χ0n) is 31.2. The molecule has 6 amide bonds. The summed E-state index contributed by atoms with van der Waals surface area (Å²) in [5, 5.41) is 8.25. The number of ether oxygens (including phenoxy) is 1. The standard InChI is InChI=1S/C38H54N6O8/c1-37(2,3)30(28(45)23-13-14-23)41-35(50)42-31(38(4,5)6)34(49)44-20-25(52-36(51)43-16-15-22-9-7-8-10-24(22)19-43)18-27(44)33(48)40-26(17-21-11-12-21)29(46)32(39)47/h7-10,21,23,25-27,30-31H,11-20H2,1-6H3,(H2,39,47)(H,40,48)(H2,41,42,50)/t25-,26?,27+,30-,31-/m1/s1. The zero-order valence-corrected chi connectivity index (χ0v) is 31.2. The first kappa shape index (κ1) is 38.7. The quantitative estimate of drug-likeness (QED) is 0.236. The Morgan fingerprint density at radius 1 is 0.865 bits per heavy atom. The van der Waals surface area contributed by atoms with E-state index in [1.54, 1.807) is 25.7 Å². The molecule has 2 aliphatic carbocycles. The van der Waals surface area contributed by atoms with E-state index in [1.165, 1.54) is 4.90 Å². The van der Waals surface area contributed by atoms with Crippen molar-refractivity contribution in [3.05, 3.63) is 35.4 Å². The maximum atomic E-state index is 14.5. The Kier molecular flexibility index (Phi) is 11.4. The smallest absolute Gasteiger partial charge is 0.410 e. The highest BCUT2D eigenvalue weighted by Crippen LogP contribution is 2.36. The first-order chi connectivity index (χ1) is 24.3. The topological polar surface area (TPSA) is 197 Å². The zero-order chi connectivity index (χ0) is 38.1. The highest BCUT2D eigenvalue weighted by molar-refractivity contribution is 6.37. The van der Waals surface area contributed by atoms with E-state index in [0.29, 0.717) is 19.5 Å². The number of rotatable bonds is 12. The van der Waals surface area contributed by atoms with Crippen LogP contribution in [-0.4, -0.2) is 94.6 Å². The molecule has 5 atom stereocenters. The van der Waals surface area contributed by atoms with Crippen LogP contribution in [0.25, 0.3) is 0 Å². The van der Waals surface area contributed by atoms with E-state index < -0.39 is 76.7 Å². The molecule has 52 heavy (non-hydrogen) atoms. The predicted molar refractivity (Wildman–Crippen MR) is 190 cm³/mol. The number of urea groups is 1. The fourth-order valence-corrected chi connectivity index (χ4v) is 7.04. The van der Waals surface area contributed by atoms with Gasteiger partial charge in [-0.2, -0.15) is 0 Å². The van der Waals surface area contributed by atoms with E-state index >= 15 is 0 Å². The number of carbonyl (C=O) groups is 7. The summed E-state index contributed by atoms with van der Waals surface area (Å²) in [7, 11) is 0. The molecule has 0 radical (unpaired) electrons. The molecular weight excluding hydrogens is 668 g/mol. The lowest BCUT2D eigenvalue weighted by Gasteiger charge is -2.36. The van der Waals surface area contributed by atoms with Gasteiger partial charge in [-0.3, -0.25) is 24.0 Å². The monoisotopic (exact) mass is 722 g/mol. The summed E-state index contributed by atoms with van der Waals surface area (Å²) >= 11 is 0. The summed E-state index contributed by atoms with van der Waals surface area (Å²) < 4.78 is 5.92. The fourth-order valence-electron chi connectivity index (χ4n) is 7.04. The number of nitrogens with two attached hydrogens (primary N) is 1.